The van der Waals surface area contributed by atoms with Crippen molar-refractivity contribution in [3.8, 4) is 28.8 Å². The van der Waals surface area contributed by atoms with E-state index in [0.29, 0.717) is 22.1 Å². The van der Waals surface area contributed by atoms with Gasteiger partial charge < -0.3 is 14.8 Å². The van der Waals surface area contributed by atoms with Crippen LogP contribution in [0.25, 0.3) is 16.8 Å². The maximum absolute atomic E-state index is 9.58. The molecule has 0 aliphatic rings. The van der Waals surface area contributed by atoms with Gasteiger partial charge in [-0.25, -0.2) is 4.98 Å². The Hall–Kier alpha value is -3.30. The summed E-state index contributed by atoms with van der Waals surface area (Å²) in [5.41, 5.74) is 5.57. The van der Waals surface area contributed by atoms with Crippen LogP contribution in [-0.2, 0) is 0 Å². The van der Waals surface area contributed by atoms with E-state index in [2.05, 4.69) is 48.4 Å². The lowest BCUT2D eigenvalue weighted by molar-refractivity contribution is 0.395. The number of ether oxygens (including phenoxy) is 2. The number of nitrogens with zero attached hydrogens (tertiary/aromatic N) is 2. The van der Waals surface area contributed by atoms with Crippen molar-refractivity contribution in [3.05, 3.63) is 64.1 Å². The Morgan fingerprint density at radius 1 is 1.11 bits per heavy atom. The summed E-state index contributed by atoms with van der Waals surface area (Å²) < 4.78 is 10.6. The topological polar surface area (TPSA) is 67.2 Å². The van der Waals surface area contributed by atoms with Crippen LogP contribution in [0.15, 0.2) is 48.0 Å². The van der Waals surface area contributed by atoms with E-state index < -0.39 is 0 Å². The van der Waals surface area contributed by atoms with Gasteiger partial charge in [0.15, 0.2) is 0 Å². The first-order chi connectivity index (χ1) is 13.5. The van der Waals surface area contributed by atoms with Crippen LogP contribution in [0.4, 0.5) is 5.69 Å². The Labute approximate surface area is 168 Å². The van der Waals surface area contributed by atoms with Gasteiger partial charge >= 0.3 is 0 Å². The first-order valence-electron chi connectivity index (χ1n) is 8.68. The van der Waals surface area contributed by atoms with E-state index in [9.17, 15) is 5.26 Å². The SMILES string of the molecule is COc1ccc(N/C=C(/C#N)c2nc(-c3ccc(C)c(C)c3)cs2)c(OC)c1. The Kier molecular flexibility index (Phi) is 5.97. The molecular formula is C22H21N3O2S. The smallest absolute Gasteiger partial charge is 0.145 e. The van der Waals surface area contributed by atoms with Gasteiger partial charge in [0.05, 0.1) is 25.6 Å². The monoisotopic (exact) mass is 391 g/mol. The van der Waals surface area contributed by atoms with Crippen molar-refractivity contribution >= 4 is 22.6 Å². The number of aryl methyl sites for hydroxylation is 2. The summed E-state index contributed by atoms with van der Waals surface area (Å²) in [5, 5.41) is 15.3. The Morgan fingerprint density at radius 3 is 2.61 bits per heavy atom. The quantitative estimate of drug-likeness (QED) is 0.568. The van der Waals surface area contributed by atoms with E-state index in [1.807, 2.05) is 17.5 Å². The van der Waals surface area contributed by atoms with Crippen LogP contribution < -0.4 is 14.8 Å². The van der Waals surface area contributed by atoms with Crippen molar-refractivity contribution < 1.29 is 9.47 Å². The van der Waals surface area contributed by atoms with E-state index in [4.69, 9.17) is 9.47 Å². The lowest BCUT2D eigenvalue weighted by Gasteiger charge is -2.10. The number of hydrogen-bond acceptors (Lipinski definition) is 6. The third-order valence-corrected chi connectivity index (χ3v) is 5.31. The van der Waals surface area contributed by atoms with E-state index in [1.165, 1.54) is 22.5 Å². The molecule has 0 bridgehead atoms. The summed E-state index contributed by atoms with van der Waals surface area (Å²) in [7, 11) is 3.19. The van der Waals surface area contributed by atoms with Gasteiger partial charge in [0.1, 0.15) is 28.1 Å². The van der Waals surface area contributed by atoms with Crippen LogP contribution in [0.5, 0.6) is 11.5 Å². The predicted octanol–water partition coefficient (Wildman–Crippen LogP) is 5.42. The van der Waals surface area contributed by atoms with Crippen molar-refractivity contribution in [2.24, 2.45) is 0 Å². The molecule has 0 unspecified atom stereocenters. The summed E-state index contributed by atoms with van der Waals surface area (Å²) in [4.78, 5) is 4.64. The average molecular weight is 391 g/mol. The Bertz CT molecular complexity index is 1060. The zero-order chi connectivity index (χ0) is 20.1. The number of methoxy groups -OCH3 is 2. The number of anilines is 1. The van der Waals surface area contributed by atoms with Gasteiger partial charge in [0.25, 0.3) is 0 Å². The minimum Gasteiger partial charge on any atom is -0.497 e. The molecule has 0 atom stereocenters. The molecule has 1 aromatic heterocycles. The molecule has 0 radical (unpaired) electrons. The number of rotatable bonds is 6. The first kappa shape index (κ1) is 19.5. The standard InChI is InChI=1S/C22H21N3O2S/c1-14-5-6-16(9-15(14)2)20-13-28-22(25-20)17(11-23)12-24-19-8-7-18(26-3)10-21(19)27-4/h5-10,12-13,24H,1-4H3/b17-12-. The third-order valence-electron chi connectivity index (χ3n) is 4.44. The fourth-order valence-electron chi connectivity index (χ4n) is 2.64. The number of thiazole rings is 1. The summed E-state index contributed by atoms with van der Waals surface area (Å²) in [6, 6.07) is 13.9. The van der Waals surface area contributed by atoms with Crippen molar-refractivity contribution in [1.29, 1.82) is 5.26 Å². The van der Waals surface area contributed by atoms with Gasteiger partial charge in [-0.05, 0) is 43.2 Å². The molecule has 0 fully saturated rings. The first-order valence-corrected chi connectivity index (χ1v) is 9.56. The predicted molar refractivity (Wildman–Crippen MR) is 114 cm³/mol. The van der Waals surface area contributed by atoms with Crippen molar-refractivity contribution in [1.82, 2.24) is 4.98 Å². The molecule has 6 heteroatoms. The molecular weight excluding hydrogens is 370 g/mol. The fourth-order valence-corrected chi connectivity index (χ4v) is 3.43. The maximum Gasteiger partial charge on any atom is 0.145 e. The van der Waals surface area contributed by atoms with Crippen LogP contribution in [0, 0.1) is 25.2 Å². The zero-order valence-electron chi connectivity index (χ0n) is 16.2. The summed E-state index contributed by atoms with van der Waals surface area (Å²) >= 11 is 1.45. The Morgan fingerprint density at radius 2 is 1.93 bits per heavy atom. The van der Waals surface area contributed by atoms with Gasteiger partial charge in [0, 0.05) is 23.2 Å². The summed E-state index contributed by atoms with van der Waals surface area (Å²) in [5.74, 6) is 1.33. The molecule has 0 amide bonds. The largest absolute Gasteiger partial charge is 0.497 e. The molecule has 0 saturated carbocycles. The normalized spacial score (nSPS) is 11.0. The molecule has 28 heavy (non-hydrogen) atoms. The second-order valence-corrected chi connectivity index (χ2v) is 7.08. The summed E-state index contributed by atoms with van der Waals surface area (Å²) in [6.07, 6.45) is 1.65. The summed E-state index contributed by atoms with van der Waals surface area (Å²) in [6.45, 7) is 4.17. The van der Waals surface area contributed by atoms with Crippen LogP contribution in [0.1, 0.15) is 16.1 Å². The molecule has 0 aliphatic carbocycles. The second kappa shape index (κ2) is 8.59. The highest BCUT2D eigenvalue weighted by Crippen LogP contribution is 2.31. The molecule has 3 rings (SSSR count). The van der Waals surface area contributed by atoms with Crippen molar-refractivity contribution in [3.63, 3.8) is 0 Å². The van der Waals surface area contributed by atoms with Gasteiger partial charge in [0.2, 0.25) is 0 Å². The van der Waals surface area contributed by atoms with Gasteiger partial charge in [-0.3, -0.25) is 0 Å². The molecule has 5 nitrogen and oxygen atoms in total. The van der Waals surface area contributed by atoms with Gasteiger partial charge in [-0.2, -0.15) is 5.26 Å². The molecule has 0 spiro atoms. The average Bonchev–Trinajstić information content (AvgIpc) is 3.20. The third kappa shape index (κ3) is 4.16. The maximum atomic E-state index is 9.58. The number of aromatic nitrogens is 1. The lowest BCUT2D eigenvalue weighted by Crippen LogP contribution is -1.95. The highest BCUT2D eigenvalue weighted by molar-refractivity contribution is 7.11. The lowest BCUT2D eigenvalue weighted by atomic mass is 10.1. The van der Waals surface area contributed by atoms with Crippen LogP contribution in [0.3, 0.4) is 0 Å². The van der Waals surface area contributed by atoms with Crippen molar-refractivity contribution in [2.75, 3.05) is 19.5 Å². The highest BCUT2D eigenvalue weighted by Gasteiger charge is 2.10. The number of nitriles is 1. The van der Waals surface area contributed by atoms with E-state index >= 15 is 0 Å². The molecule has 142 valence electrons. The zero-order valence-corrected chi connectivity index (χ0v) is 17.1. The number of benzene rings is 2. The Balaban J connectivity index is 1.85. The number of hydrogen-bond donors (Lipinski definition) is 1. The van der Waals surface area contributed by atoms with Crippen LogP contribution in [-0.4, -0.2) is 19.2 Å². The molecule has 2 aromatic carbocycles. The molecule has 1 N–H and O–H groups in total. The second-order valence-electron chi connectivity index (χ2n) is 6.22. The minimum absolute atomic E-state index is 0.456. The molecule has 3 aromatic rings. The minimum atomic E-state index is 0.456. The van der Waals surface area contributed by atoms with Gasteiger partial charge in [-0.1, -0.05) is 12.1 Å². The van der Waals surface area contributed by atoms with Gasteiger partial charge in [-0.15, -0.1) is 11.3 Å². The molecule has 1 heterocycles. The van der Waals surface area contributed by atoms with E-state index in [1.54, 1.807) is 26.5 Å². The highest BCUT2D eigenvalue weighted by atomic mass is 32.1. The van der Waals surface area contributed by atoms with Crippen LogP contribution in [0.2, 0.25) is 0 Å². The van der Waals surface area contributed by atoms with Crippen molar-refractivity contribution in [2.45, 2.75) is 13.8 Å². The van der Waals surface area contributed by atoms with E-state index in [0.717, 1.165) is 16.9 Å². The fraction of sp³-hybridized carbons (Fsp3) is 0.182. The number of nitrogens with one attached hydrogen (secondary N) is 1. The van der Waals surface area contributed by atoms with E-state index in [-0.39, 0.29) is 0 Å². The number of allylic oxidation sites excluding steroid dienone is 1. The molecule has 0 aliphatic heterocycles. The van der Waals surface area contributed by atoms with Crippen LogP contribution >= 0.6 is 11.3 Å². The molecule has 0 saturated heterocycles.